The van der Waals surface area contributed by atoms with E-state index in [1.807, 2.05) is 0 Å². The largest absolute Gasteiger partial charge is 1.00 e. The number of hydrogen-bond acceptors (Lipinski definition) is 7. The van der Waals surface area contributed by atoms with Gasteiger partial charge >= 0.3 is 65.1 Å². The minimum atomic E-state index is -5.11. The zero-order valence-electron chi connectivity index (χ0n) is 21.6. The van der Waals surface area contributed by atoms with Crippen LogP contribution < -0.4 is 69.3 Å². The van der Waals surface area contributed by atoms with Gasteiger partial charge in [-0.3, -0.25) is 9.35 Å². The Morgan fingerprint density at radius 2 is 1.06 bits per heavy atom. The molecule has 0 amide bonds. The molecule has 34 heavy (non-hydrogen) atoms. The number of hydrogen-bond donors (Lipinski definition) is 2. The Morgan fingerprint density at radius 3 is 1.29 bits per heavy atom. The van der Waals surface area contributed by atoms with Gasteiger partial charge in [-0.1, -0.05) is 90.9 Å². The maximum absolute atomic E-state index is 12.1. The van der Waals surface area contributed by atoms with Crippen LogP contribution in [0.25, 0.3) is 0 Å². The van der Waals surface area contributed by atoms with Gasteiger partial charge in [-0.05, 0) is 19.8 Å². The molecule has 0 rings (SSSR count). The van der Waals surface area contributed by atoms with Crippen molar-refractivity contribution in [3.8, 4) is 0 Å². The van der Waals surface area contributed by atoms with Crippen molar-refractivity contribution in [3.63, 3.8) is 0 Å². The summed E-state index contributed by atoms with van der Waals surface area (Å²) in [7, 11) is -5.11. The summed E-state index contributed by atoms with van der Waals surface area (Å²) < 4.78 is 33.0. The molecule has 0 aliphatic heterocycles. The van der Waals surface area contributed by atoms with E-state index < -0.39 is 38.7 Å². The molecule has 12 heteroatoms. The summed E-state index contributed by atoms with van der Waals surface area (Å²) in [5, 5.41) is 27.8. The van der Waals surface area contributed by atoms with Crippen molar-refractivity contribution in [2.75, 3.05) is 0 Å². The van der Waals surface area contributed by atoms with E-state index in [4.69, 9.17) is 9.90 Å². The molecule has 0 aliphatic rings. The number of aliphatic carboxylic acids is 3. The quantitative estimate of drug-likeness (QED) is 0.104. The molecule has 0 aromatic heterocycles. The number of unbranched alkanes of at least 4 members (excludes halogenated alkanes) is 10. The monoisotopic (exact) mass is 526 g/mol. The van der Waals surface area contributed by atoms with Gasteiger partial charge in [0.05, 0.1) is 11.4 Å². The van der Waals surface area contributed by atoms with Gasteiger partial charge in [0.1, 0.15) is 5.25 Å². The Kier molecular flexibility index (Phi) is 28.9. The molecule has 0 fully saturated rings. The summed E-state index contributed by atoms with van der Waals surface area (Å²) in [5.41, 5.74) is -2.07. The van der Waals surface area contributed by atoms with E-state index >= 15 is 0 Å². The molecule has 0 saturated heterocycles. The third-order valence-corrected chi connectivity index (χ3v) is 6.63. The third-order valence-electron chi connectivity index (χ3n) is 5.39. The fourth-order valence-corrected chi connectivity index (χ4v) is 4.94. The molecule has 0 aliphatic carbocycles. The van der Waals surface area contributed by atoms with E-state index in [9.17, 15) is 32.8 Å². The Bertz CT molecular complexity index is 635. The minimum Gasteiger partial charge on any atom is -0.550 e. The van der Waals surface area contributed by atoms with E-state index in [-0.39, 0.29) is 72.0 Å². The van der Waals surface area contributed by atoms with Crippen LogP contribution in [0.4, 0.5) is 0 Å². The van der Waals surface area contributed by atoms with Crippen LogP contribution in [0.15, 0.2) is 0 Å². The van der Waals surface area contributed by atoms with Crippen LogP contribution in [0, 0.1) is 5.41 Å². The normalized spacial score (nSPS) is 11.8. The Morgan fingerprint density at radius 1 is 0.765 bits per heavy atom. The standard InChI is InChI=1S/C20H38O7S.C2H4O2.2Na/c1-3-5-7-9-11-13-15-20(19(23)24,16-14-12-10-8-6-4-2)17(18(21)22)28(25,26)27;1-2(3)4;;/h17H,3-16H2,1-2H3,(H,21,22)(H,23,24)(H,25,26,27);1H3,(H,3,4);;/q;;2*+1/p-2. The van der Waals surface area contributed by atoms with Crippen LogP contribution in [-0.4, -0.2) is 41.2 Å². The fraction of sp³-hybridized carbons (Fsp3) is 0.864. The summed E-state index contributed by atoms with van der Waals surface area (Å²) in [5.74, 6) is -4.64. The van der Waals surface area contributed by atoms with Crippen molar-refractivity contribution in [3.05, 3.63) is 0 Å². The second kappa shape index (κ2) is 23.7. The molecule has 1 unspecified atom stereocenters. The van der Waals surface area contributed by atoms with Crippen LogP contribution in [-0.2, 0) is 24.5 Å². The smallest absolute Gasteiger partial charge is 0.550 e. The first-order chi connectivity index (χ1) is 14.9. The summed E-state index contributed by atoms with van der Waals surface area (Å²) in [6.45, 7) is 5.12. The summed E-state index contributed by atoms with van der Waals surface area (Å²) in [4.78, 5) is 32.5. The van der Waals surface area contributed by atoms with Crippen molar-refractivity contribution in [1.29, 1.82) is 0 Å². The van der Waals surface area contributed by atoms with Gasteiger partial charge in [0.15, 0.2) is 0 Å². The van der Waals surface area contributed by atoms with E-state index in [0.29, 0.717) is 25.7 Å². The first-order valence-electron chi connectivity index (χ1n) is 11.4. The molecule has 0 heterocycles. The summed E-state index contributed by atoms with van der Waals surface area (Å²) >= 11 is 0. The van der Waals surface area contributed by atoms with Crippen LogP contribution >= 0.6 is 0 Å². The molecular weight excluding hydrogens is 486 g/mol. The van der Waals surface area contributed by atoms with Crippen molar-refractivity contribution in [2.24, 2.45) is 5.41 Å². The first kappa shape index (κ1) is 41.4. The maximum atomic E-state index is 12.1. The van der Waals surface area contributed by atoms with Crippen molar-refractivity contribution in [1.82, 2.24) is 0 Å². The zero-order chi connectivity index (χ0) is 25.2. The van der Waals surface area contributed by atoms with Gasteiger partial charge in [-0.15, -0.1) is 0 Å². The Hall–Kier alpha value is 0.320. The predicted octanol–water partition coefficient (Wildman–Crippen LogP) is -3.67. The Labute approximate surface area is 249 Å². The van der Waals surface area contributed by atoms with Crippen LogP contribution in [0.2, 0.25) is 0 Å². The molecule has 1 atom stereocenters. The third kappa shape index (κ3) is 19.5. The molecule has 0 aromatic rings. The van der Waals surface area contributed by atoms with Gasteiger partial charge in [0.25, 0.3) is 10.1 Å². The molecule has 0 bridgehead atoms. The Balaban J connectivity index is -0.000000690. The first-order valence-corrected chi connectivity index (χ1v) is 12.9. The van der Waals surface area contributed by atoms with E-state index in [0.717, 1.165) is 58.3 Å². The molecule has 0 spiro atoms. The SMILES string of the molecule is CC(=O)[O-].CCCCCCCCC(CCCCCCCC)(C(=O)O)C(C(=O)[O-])S(=O)(=O)O.[Na+].[Na+]. The molecule has 0 aromatic carbocycles. The van der Waals surface area contributed by atoms with E-state index in [2.05, 4.69) is 13.8 Å². The van der Waals surface area contributed by atoms with Crippen molar-refractivity contribution >= 4 is 28.0 Å². The topological polar surface area (TPSA) is 172 Å². The predicted molar refractivity (Wildman–Crippen MR) is 117 cm³/mol. The number of carbonyl (C=O) groups is 3. The van der Waals surface area contributed by atoms with Crippen LogP contribution in [0.3, 0.4) is 0 Å². The molecule has 190 valence electrons. The van der Waals surface area contributed by atoms with Crippen molar-refractivity contribution < 1.29 is 102 Å². The summed E-state index contributed by atoms with van der Waals surface area (Å²) in [6, 6.07) is 0. The van der Waals surface area contributed by atoms with Crippen LogP contribution in [0.1, 0.15) is 111 Å². The van der Waals surface area contributed by atoms with Gasteiger partial charge in [0.2, 0.25) is 0 Å². The maximum Gasteiger partial charge on any atom is 1.00 e. The number of rotatable bonds is 18. The van der Waals surface area contributed by atoms with Gasteiger partial charge in [-0.2, -0.15) is 8.42 Å². The van der Waals surface area contributed by atoms with E-state index in [1.165, 1.54) is 0 Å². The average molecular weight is 527 g/mol. The fourth-order valence-electron chi connectivity index (χ4n) is 3.79. The van der Waals surface area contributed by atoms with Crippen molar-refractivity contribution in [2.45, 2.75) is 116 Å². The van der Waals surface area contributed by atoms with Crippen LogP contribution in [0.5, 0.6) is 0 Å². The van der Waals surface area contributed by atoms with Gasteiger partial charge in [-0.25, -0.2) is 0 Å². The van der Waals surface area contributed by atoms with Gasteiger partial charge < -0.3 is 24.9 Å². The average Bonchev–Trinajstić information content (AvgIpc) is 2.64. The zero-order valence-corrected chi connectivity index (χ0v) is 26.5. The molecule has 2 N–H and O–H groups in total. The molecular formula is C22H40Na2O9S. The minimum absolute atomic E-state index is 0. The number of carboxylic acids is 3. The second-order valence-corrected chi connectivity index (χ2v) is 9.70. The van der Waals surface area contributed by atoms with Gasteiger partial charge in [0, 0.05) is 5.97 Å². The number of carbonyl (C=O) groups excluding carboxylic acids is 2. The molecule has 0 saturated carbocycles. The molecule has 0 radical (unpaired) electrons. The summed E-state index contributed by atoms with van der Waals surface area (Å²) in [6.07, 6.45) is 9.95. The second-order valence-electron chi connectivity index (χ2n) is 8.20. The number of carboxylic acid groups (broad SMARTS) is 3. The van der Waals surface area contributed by atoms with E-state index in [1.54, 1.807) is 0 Å². The molecule has 9 nitrogen and oxygen atoms in total.